The van der Waals surface area contributed by atoms with Crippen LogP contribution in [0.3, 0.4) is 0 Å². The fourth-order valence-corrected chi connectivity index (χ4v) is 3.07. The molecule has 1 saturated heterocycles. The van der Waals surface area contributed by atoms with Crippen LogP contribution in [-0.4, -0.2) is 38.6 Å². The van der Waals surface area contributed by atoms with E-state index in [1.807, 2.05) is 6.92 Å². The quantitative estimate of drug-likeness (QED) is 0.655. The van der Waals surface area contributed by atoms with E-state index in [2.05, 4.69) is 4.98 Å². The summed E-state index contributed by atoms with van der Waals surface area (Å²) >= 11 is 0. The third-order valence-corrected chi connectivity index (χ3v) is 4.28. The zero-order chi connectivity index (χ0) is 15.8. The van der Waals surface area contributed by atoms with Gasteiger partial charge in [0.2, 0.25) is 11.6 Å². The molecule has 1 aromatic heterocycles. The Hall–Kier alpha value is -2.12. The van der Waals surface area contributed by atoms with Gasteiger partial charge in [0.15, 0.2) is 0 Å². The molecule has 0 aliphatic carbocycles. The Morgan fingerprint density at radius 3 is 2.76 bits per heavy atom. The molecule has 116 valence electrons. The number of aliphatic carboxylic acids is 1. The summed E-state index contributed by atoms with van der Waals surface area (Å²) in [6, 6.07) is 0. The molecule has 1 atom stereocenters. The number of carboxylic acid groups (broad SMARTS) is 1. The molecule has 1 N–H and O–H groups in total. The molecular formula is C13H20N4O4. The topological polar surface area (TPSA) is 102 Å². The maximum atomic E-state index is 11.6. The van der Waals surface area contributed by atoms with Crippen LogP contribution in [0.25, 0.3) is 0 Å². The zero-order valence-electron chi connectivity index (χ0n) is 12.5. The highest BCUT2D eigenvalue weighted by atomic mass is 16.6. The molecule has 0 saturated carbocycles. The van der Waals surface area contributed by atoms with Crippen molar-refractivity contribution in [2.75, 3.05) is 18.0 Å². The van der Waals surface area contributed by atoms with Crippen LogP contribution >= 0.6 is 0 Å². The number of hydrogen-bond acceptors (Lipinski definition) is 5. The molecule has 0 bridgehead atoms. The fourth-order valence-electron chi connectivity index (χ4n) is 3.07. The van der Waals surface area contributed by atoms with Crippen molar-refractivity contribution in [2.45, 2.75) is 33.1 Å². The second-order valence-corrected chi connectivity index (χ2v) is 5.63. The van der Waals surface area contributed by atoms with Crippen LogP contribution in [0.2, 0.25) is 0 Å². The van der Waals surface area contributed by atoms with Gasteiger partial charge in [-0.2, -0.15) is 0 Å². The van der Waals surface area contributed by atoms with Crippen molar-refractivity contribution >= 4 is 17.6 Å². The minimum absolute atomic E-state index is 0.201. The fraction of sp³-hybridized carbons (Fsp3) is 0.692. The normalized spacial score (nSPS) is 21.8. The lowest BCUT2D eigenvalue weighted by Gasteiger charge is -2.24. The zero-order valence-corrected chi connectivity index (χ0v) is 12.5. The van der Waals surface area contributed by atoms with Crippen molar-refractivity contribution in [3.8, 4) is 0 Å². The molecule has 1 unspecified atom stereocenters. The van der Waals surface area contributed by atoms with Crippen molar-refractivity contribution in [3.05, 3.63) is 15.9 Å². The van der Waals surface area contributed by atoms with E-state index in [4.69, 9.17) is 0 Å². The first-order valence-electron chi connectivity index (χ1n) is 6.98. The lowest BCUT2D eigenvalue weighted by atomic mass is 9.83. The lowest BCUT2D eigenvalue weighted by molar-refractivity contribution is -0.388. The van der Waals surface area contributed by atoms with Crippen LogP contribution in [-0.2, 0) is 11.8 Å². The van der Waals surface area contributed by atoms with Crippen LogP contribution < -0.4 is 4.90 Å². The molecule has 8 heteroatoms. The number of nitro groups is 1. The molecule has 2 heterocycles. The van der Waals surface area contributed by atoms with Gasteiger partial charge in [0.1, 0.15) is 0 Å². The average molecular weight is 296 g/mol. The molecule has 8 nitrogen and oxygen atoms in total. The Kier molecular flexibility index (Phi) is 3.89. The van der Waals surface area contributed by atoms with E-state index in [1.54, 1.807) is 23.4 Å². The lowest BCUT2D eigenvalue weighted by Crippen LogP contribution is -2.35. The Bertz CT molecular complexity index is 583. The van der Waals surface area contributed by atoms with Gasteiger partial charge in [0.05, 0.1) is 5.41 Å². The Labute approximate surface area is 122 Å². The van der Waals surface area contributed by atoms with E-state index in [-0.39, 0.29) is 12.4 Å². The number of aryl methyl sites for hydroxylation is 1. The molecule has 0 amide bonds. The van der Waals surface area contributed by atoms with Crippen molar-refractivity contribution in [2.24, 2.45) is 12.5 Å². The van der Waals surface area contributed by atoms with Crippen LogP contribution in [0.4, 0.5) is 11.6 Å². The first kappa shape index (κ1) is 15.3. The second-order valence-electron chi connectivity index (χ2n) is 5.63. The summed E-state index contributed by atoms with van der Waals surface area (Å²) in [6.45, 7) is 4.43. The minimum Gasteiger partial charge on any atom is -0.481 e. The van der Waals surface area contributed by atoms with E-state index in [9.17, 15) is 20.0 Å². The molecule has 21 heavy (non-hydrogen) atoms. The predicted molar refractivity (Wildman–Crippen MR) is 76.4 cm³/mol. The summed E-state index contributed by atoms with van der Waals surface area (Å²) in [7, 11) is 1.71. The second kappa shape index (κ2) is 5.34. The Morgan fingerprint density at radius 1 is 1.57 bits per heavy atom. The Balaban J connectivity index is 2.38. The smallest absolute Gasteiger partial charge is 0.406 e. The van der Waals surface area contributed by atoms with Gasteiger partial charge in [-0.3, -0.25) is 9.36 Å². The largest absolute Gasteiger partial charge is 0.481 e. The first-order chi connectivity index (χ1) is 9.82. The number of hydrogen-bond donors (Lipinski definition) is 1. The van der Waals surface area contributed by atoms with Crippen molar-refractivity contribution in [3.63, 3.8) is 0 Å². The van der Waals surface area contributed by atoms with E-state index < -0.39 is 16.3 Å². The van der Waals surface area contributed by atoms with Gasteiger partial charge < -0.3 is 20.1 Å². The standard InChI is InChI=1S/C13H20N4O4/c1-4-5-13(12(18)19)6-7-16(8-13)11-10(17(20)21)14-9(2)15(11)3/h4-8H2,1-3H3,(H,18,19). The monoisotopic (exact) mass is 296 g/mol. The highest BCUT2D eigenvalue weighted by Crippen LogP contribution is 2.40. The number of anilines is 1. The van der Waals surface area contributed by atoms with Crippen molar-refractivity contribution in [1.82, 2.24) is 9.55 Å². The number of imidazole rings is 1. The molecule has 0 aromatic carbocycles. The molecule has 1 aliphatic rings. The molecule has 0 radical (unpaired) electrons. The number of nitrogens with zero attached hydrogens (tertiary/aromatic N) is 4. The number of carboxylic acids is 1. The van der Waals surface area contributed by atoms with Gasteiger partial charge >= 0.3 is 11.8 Å². The molecule has 2 rings (SSSR count). The van der Waals surface area contributed by atoms with Crippen LogP contribution in [0, 0.1) is 22.5 Å². The van der Waals surface area contributed by atoms with Crippen LogP contribution in [0.15, 0.2) is 0 Å². The summed E-state index contributed by atoms with van der Waals surface area (Å²) in [4.78, 5) is 28.0. The van der Waals surface area contributed by atoms with E-state index in [1.165, 1.54) is 0 Å². The van der Waals surface area contributed by atoms with Gasteiger partial charge in [-0.1, -0.05) is 13.3 Å². The van der Waals surface area contributed by atoms with Gasteiger partial charge in [0.25, 0.3) is 0 Å². The molecule has 1 aliphatic heterocycles. The van der Waals surface area contributed by atoms with E-state index >= 15 is 0 Å². The van der Waals surface area contributed by atoms with Crippen LogP contribution in [0.5, 0.6) is 0 Å². The highest BCUT2D eigenvalue weighted by Gasteiger charge is 2.46. The third kappa shape index (κ3) is 2.45. The third-order valence-electron chi connectivity index (χ3n) is 4.28. The maximum Gasteiger partial charge on any atom is 0.406 e. The summed E-state index contributed by atoms with van der Waals surface area (Å²) in [6.07, 6.45) is 1.84. The molecular weight excluding hydrogens is 276 g/mol. The Morgan fingerprint density at radius 2 is 2.24 bits per heavy atom. The molecule has 1 aromatic rings. The van der Waals surface area contributed by atoms with Crippen LogP contribution in [0.1, 0.15) is 32.0 Å². The van der Waals surface area contributed by atoms with Gasteiger partial charge in [-0.05, 0) is 22.7 Å². The molecule has 0 spiro atoms. The van der Waals surface area contributed by atoms with Gasteiger partial charge in [-0.25, -0.2) is 0 Å². The predicted octanol–water partition coefficient (Wildman–Crippen LogP) is 1.72. The minimum atomic E-state index is -0.826. The number of rotatable bonds is 5. The van der Waals surface area contributed by atoms with E-state index in [0.717, 1.165) is 6.42 Å². The number of carbonyl (C=O) groups is 1. The maximum absolute atomic E-state index is 11.6. The summed E-state index contributed by atoms with van der Waals surface area (Å²) in [5, 5.41) is 20.7. The summed E-state index contributed by atoms with van der Waals surface area (Å²) < 4.78 is 1.65. The van der Waals surface area contributed by atoms with Crippen molar-refractivity contribution in [1.29, 1.82) is 0 Å². The summed E-state index contributed by atoms with van der Waals surface area (Å²) in [5.41, 5.74) is -0.819. The first-order valence-corrected chi connectivity index (χ1v) is 6.98. The number of aromatic nitrogens is 2. The van der Waals surface area contributed by atoms with Crippen molar-refractivity contribution < 1.29 is 14.8 Å². The van der Waals surface area contributed by atoms with Gasteiger partial charge in [0, 0.05) is 27.1 Å². The van der Waals surface area contributed by atoms with Gasteiger partial charge in [-0.15, -0.1) is 0 Å². The SMILES string of the molecule is CCCC1(C(=O)O)CCN(c2c([N+](=O)[O-])nc(C)n2C)C1. The molecule has 1 fully saturated rings. The average Bonchev–Trinajstić information content (AvgIpc) is 2.94. The van der Waals surface area contributed by atoms with E-state index in [0.29, 0.717) is 31.0 Å². The highest BCUT2D eigenvalue weighted by molar-refractivity contribution is 5.77. The summed E-state index contributed by atoms with van der Waals surface area (Å²) in [5.74, 6) is -0.0853.